The topological polar surface area (TPSA) is 93.5 Å². The van der Waals surface area contributed by atoms with Crippen LogP contribution in [0.15, 0.2) is 6.20 Å². The second-order valence-corrected chi connectivity index (χ2v) is 14.9. The smallest absolute Gasteiger partial charge is 0.258 e. The van der Waals surface area contributed by atoms with Crippen molar-refractivity contribution in [1.29, 1.82) is 0 Å². The molecule has 5 aliphatic rings. The number of aryl methyl sites for hydroxylation is 1. The van der Waals surface area contributed by atoms with Crippen LogP contribution in [-0.2, 0) is 16.6 Å². The fraction of sp³-hybridized carbons (Fsp3) is 0.852. The summed E-state index contributed by atoms with van der Waals surface area (Å²) >= 11 is 0. The maximum atomic E-state index is 13.4. The molecule has 4 saturated carbocycles. The predicted octanol–water partition coefficient (Wildman–Crippen LogP) is 4.07. The number of amides is 1. The Morgan fingerprint density at radius 3 is 2.22 bits per heavy atom. The van der Waals surface area contributed by atoms with Crippen molar-refractivity contribution in [3.05, 3.63) is 11.8 Å². The Morgan fingerprint density at radius 1 is 1.06 bits per heavy atom. The van der Waals surface area contributed by atoms with Crippen LogP contribution < -0.4 is 10.1 Å². The molecule has 1 N–H and O–H groups in total. The van der Waals surface area contributed by atoms with E-state index in [-0.39, 0.29) is 23.3 Å². The van der Waals surface area contributed by atoms with Crippen LogP contribution >= 0.6 is 0 Å². The summed E-state index contributed by atoms with van der Waals surface area (Å²) in [7, 11) is -3.18. The van der Waals surface area contributed by atoms with Gasteiger partial charge in [-0.15, -0.1) is 0 Å². The minimum absolute atomic E-state index is 0.0541. The Hall–Kier alpha value is -1.61. The molecule has 0 atom stereocenters. The quantitative estimate of drug-likeness (QED) is 0.530. The molecule has 1 amide bonds. The fourth-order valence-corrected chi connectivity index (χ4v) is 8.80. The monoisotopic (exact) mass is 520 g/mol. The third-order valence-electron chi connectivity index (χ3n) is 9.19. The minimum atomic E-state index is -3.18. The van der Waals surface area contributed by atoms with E-state index in [0.29, 0.717) is 48.8 Å². The first kappa shape index (κ1) is 26.0. The van der Waals surface area contributed by atoms with E-state index >= 15 is 0 Å². The Bertz CT molecular complexity index is 1010. The number of hydrogen-bond donors (Lipinski definition) is 1. The molecule has 2 heterocycles. The molecule has 6 rings (SSSR count). The molecule has 4 aliphatic carbocycles. The largest absolute Gasteiger partial charge is 0.475 e. The van der Waals surface area contributed by atoms with Crippen LogP contribution in [0.3, 0.4) is 0 Å². The van der Waals surface area contributed by atoms with E-state index in [2.05, 4.69) is 10.4 Å². The zero-order valence-electron chi connectivity index (χ0n) is 22.4. The van der Waals surface area contributed by atoms with Gasteiger partial charge in [-0.3, -0.25) is 4.79 Å². The normalized spacial score (nSPS) is 30.9. The van der Waals surface area contributed by atoms with E-state index in [1.807, 2.05) is 18.5 Å². The highest BCUT2D eigenvalue weighted by molar-refractivity contribution is 7.89. The van der Waals surface area contributed by atoms with E-state index in [0.717, 1.165) is 31.1 Å². The van der Waals surface area contributed by atoms with E-state index in [4.69, 9.17) is 4.74 Å². The molecule has 202 valence electrons. The number of carbonyl (C=O) groups is 1. The molecular formula is C27H44N4O4S. The van der Waals surface area contributed by atoms with Crippen LogP contribution in [0.25, 0.3) is 0 Å². The van der Waals surface area contributed by atoms with Crippen molar-refractivity contribution < 1.29 is 17.9 Å². The lowest BCUT2D eigenvalue weighted by atomic mass is 9.54. The Kier molecular flexibility index (Phi) is 7.42. The lowest BCUT2D eigenvalue weighted by Gasteiger charge is -2.54. The van der Waals surface area contributed by atoms with Crippen molar-refractivity contribution in [2.24, 2.45) is 29.6 Å². The fourth-order valence-electron chi connectivity index (χ4n) is 7.48. The van der Waals surface area contributed by atoms with E-state index < -0.39 is 10.0 Å². The van der Waals surface area contributed by atoms with Gasteiger partial charge >= 0.3 is 0 Å². The summed E-state index contributed by atoms with van der Waals surface area (Å²) in [6.45, 7) is 9.26. The second-order valence-electron chi connectivity index (χ2n) is 12.4. The Labute approximate surface area is 216 Å². The molecule has 1 aromatic rings. The minimum Gasteiger partial charge on any atom is -0.475 e. The number of rotatable bonds is 9. The summed E-state index contributed by atoms with van der Waals surface area (Å²) < 4.78 is 34.5. The SMILES string of the molecule is CC(C)Oc1c(C(=O)NC2C3CC4CC(C3)CC2C4)cnn1CCC1CCN(S(=O)(=O)C(C)C)CC1. The van der Waals surface area contributed by atoms with Gasteiger partial charge in [0.25, 0.3) is 5.91 Å². The summed E-state index contributed by atoms with van der Waals surface area (Å²) in [5, 5.41) is 7.59. The van der Waals surface area contributed by atoms with Crippen molar-refractivity contribution in [3.8, 4) is 5.88 Å². The van der Waals surface area contributed by atoms with Crippen LogP contribution in [0.2, 0.25) is 0 Å². The Morgan fingerprint density at radius 2 is 1.67 bits per heavy atom. The summed E-state index contributed by atoms with van der Waals surface area (Å²) in [5.41, 5.74) is 0.537. The highest BCUT2D eigenvalue weighted by Gasteiger charge is 2.48. The van der Waals surface area contributed by atoms with Gasteiger partial charge in [0.05, 0.1) is 17.6 Å². The number of hydrogen-bond acceptors (Lipinski definition) is 5. The first-order chi connectivity index (χ1) is 17.1. The summed E-state index contributed by atoms with van der Waals surface area (Å²) in [6.07, 6.45) is 10.7. The number of nitrogens with one attached hydrogen (secondary N) is 1. The summed E-state index contributed by atoms with van der Waals surface area (Å²) in [6, 6.07) is 0.285. The van der Waals surface area contributed by atoms with Gasteiger partial charge in [-0.1, -0.05) is 0 Å². The number of aromatic nitrogens is 2. The maximum absolute atomic E-state index is 13.4. The van der Waals surface area contributed by atoms with Crippen molar-refractivity contribution in [3.63, 3.8) is 0 Å². The summed E-state index contributed by atoms with van der Waals surface area (Å²) in [5.74, 6) is 3.94. The van der Waals surface area contributed by atoms with Gasteiger partial charge in [0.1, 0.15) is 5.56 Å². The third kappa shape index (κ3) is 5.19. The first-order valence-electron chi connectivity index (χ1n) is 14.1. The molecule has 8 nitrogen and oxygen atoms in total. The molecule has 9 heteroatoms. The maximum Gasteiger partial charge on any atom is 0.258 e. The third-order valence-corrected chi connectivity index (χ3v) is 11.5. The lowest BCUT2D eigenvalue weighted by molar-refractivity contribution is -0.0120. The molecule has 5 fully saturated rings. The average Bonchev–Trinajstić information content (AvgIpc) is 3.21. The number of piperidine rings is 1. The predicted molar refractivity (Wildman–Crippen MR) is 139 cm³/mol. The Balaban J connectivity index is 1.21. The number of carbonyl (C=O) groups excluding carboxylic acids is 1. The van der Waals surface area contributed by atoms with Gasteiger partial charge in [0, 0.05) is 25.7 Å². The van der Waals surface area contributed by atoms with Gasteiger partial charge in [-0.25, -0.2) is 17.4 Å². The highest BCUT2D eigenvalue weighted by atomic mass is 32.2. The molecule has 0 spiro atoms. The zero-order valence-corrected chi connectivity index (χ0v) is 23.2. The van der Waals surface area contributed by atoms with Gasteiger partial charge < -0.3 is 10.1 Å². The number of nitrogens with zero attached hydrogens (tertiary/aromatic N) is 3. The van der Waals surface area contributed by atoms with Gasteiger partial charge in [-0.2, -0.15) is 5.10 Å². The average molecular weight is 521 g/mol. The van der Waals surface area contributed by atoms with Crippen LogP contribution in [0.5, 0.6) is 5.88 Å². The van der Waals surface area contributed by atoms with Crippen molar-refractivity contribution >= 4 is 15.9 Å². The molecule has 4 bridgehead atoms. The van der Waals surface area contributed by atoms with Crippen molar-refractivity contribution in [1.82, 2.24) is 19.4 Å². The van der Waals surface area contributed by atoms with Crippen LogP contribution in [0.4, 0.5) is 0 Å². The van der Waals surface area contributed by atoms with E-state index in [1.54, 1.807) is 24.3 Å². The van der Waals surface area contributed by atoms with Gasteiger partial charge in [0.2, 0.25) is 15.9 Å². The molecule has 1 saturated heterocycles. The molecule has 0 unspecified atom stereocenters. The van der Waals surface area contributed by atoms with Crippen LogP contribution in [0.1, 0.15) is 89.4 Å². The zero-order chi connectivity index (χ0) is 25.6. The number of ether oxygens (including phenoxy) is 1. The standard InChI is InChI=1S/C27H44N4O4S/c1-17(2)35-27-24(26(32)29-25-22-12-20-11-21(14-22)15-23(25)13-20)16-28-31(27)10-7-19-5-8-30(9-6-19)36(33,34)18(3)4/h16-23,25H,5-15H2,1-4H3,(H,29,32). The van der Waals surface area contributed by atoms with Crippen molar-refractivity contribution in [2.45, 2.75) is 103 Å². The molecular weight excluding hydrogens is 476 g/mol. The molecule has 1 aromatic heterocycles. The van der Waals surface area contributed by atoms with Crippen LogP contribution in [-0.4, -0.2) is 58.9 Å². The second kappa shape index (κ2) is 10.3. The van der Waals surface area contributed by atoms with Gasteiger partial charge in [0.15, 0.2) is 0 Å². The van der Waals surface area contributed by atoms with E-state index in [1.165, 1.54) is 32.1 Å². The van der Waals surface area contributed by atoms with Gasteiger partial charge in [-0.05, 0) is 109 Å². The molecule has 36 heavy (non-hydrogen) atoms. The highest BCUT2D eigenvalue weighted by Crippen LogP contribution is 2.53. The van der Waals surface area contributed by atoms with Crippen LogP contribution in [0, 0.1) is 29.6 Å². The first-order valence-corrected chi connectivity index (χ1v) is 15.6. The van der Waals surface area contributed by atoms with Crippen molar-refractivity contribution in [2.75, 3.05) is 13.1 Å². The van der Waals surface area contributed by atoms with E-state index in [9.17, 15) is 13.2 Å². The molecule has 1 aliphatic heterocycles. The summed E-state index contributed by atoms with van der Waals surface area (Å²) in [4.78, 5) is 13.4. The lowest BCUT2D eigenvalue weighted by Crippen LogP contribution is -2.55. The number of sulfonamides is 1. The molecule has 0 radical (unpaired) electrons. The molecule has 0 aromatic carbocycles.